The van der Waals surface area contributed by atoms with Crippen LogP contribution in [-0.4, -0.2) is 19.2 Å². The minimum absolute atomic E-state index is 0.122. The zero-order valence-corrected chi connectivity index (χ0v) is 16.3. The van der Waals surface area contributed by atoms with E-state index in [1.54, 1.807) is 7.11 Å². The molecule has 26 heavy (non-hydrogen) atoms. The summed E-state index contributed by atoms with van der Waals surface area (Å²) in [4.78, 5) is 1.20. The van der Waals surface area contributed by atoms with Crippen LogP contribution < -0.4 is 4.74 Å². The molecule has 2 aromatic rings. The maximum atomic E-state index is 6.23. The van der Waals surface area contributed by atoms with E-state index in [-0.39, 0.29) is 4.93 Å². The van der Waals surface area contributed by atoms with Gasteiger partial charge in [-0.15, -0.1) is 0 Å². The molecule has 0 spiro atoms. The van der Waals surface area contributed by atoms with Crippen molar-refractivity contribution in [3.05, 3.63) is 71.8 Å². The lowest BCUT2D eigenvalue weighted by atomic mass is 9.73. The van der Waals surface area contributed by atoms with Crippen molar-refractivity contribution in [2.24, 2.45) is 5.92 Å². The van der Waals surface area contributed by atoms with E-state index >= 15 is 0 Å². The van der Waals surface area contributed by atoms with E-state index in [0.717, 1.165) is 12.2 Å². The van der Waals surface area contributed by atoms with Crippen molar-refractivity contribution in [3.8, 4) is 5.75 Å². The Morgan fingerprint density at radius 3 is 2.42 bits per heavy atom. The Kier molecular flexibility index (Phi) is 5.10. The van der Waals surface area contributed by atoms with Gasteiger partial charge in [0.25, 0.3) is 0 Å². The second kappa shape index (κ2) is 7.50. The third-order valence-electron chi connectivity index (χ3n) is 5.81. The van der Waals surface area contributed by atoms with Crippen molar-refractivity contribution < 1.29 is 9.47 Å². The molecule has 2 aromatic carbocycles. The van der Waals surface area contributed by atoms with Crippen LogP contribution in [0, 0.1) is 5.92 Å². The first-order chi connectivity index (χ1) is 12.8. The number of rotatable bonds is 4. The number of benzene rings is 2. The van der Waals surface area contributed by atoms with Gasteiger partial charge in [0, 0.05) is 23.9 Å². The zero-order chi connectivity index (χ0) is 18.0. The molecule has 0 amide bonds. The van der Waals surface area contributed by atoms with Gasteiger partial charge in [0.2, 0.25) is 0 Å². The van der Waals surface area contributed by atoms with Crippen molar-refractivity contribution in [3.63, 3.8) is 0 Å². The second-order valence-corrected chi connectivity index (χ2v) is 8.50. The van der Waals surface area contributed by atoms with E-state index < -0.39 is 0 Å². The van der Waals surface area contributed by atoms with Gasteiger partial charge in [-0.1, -0.05) is 66.7 Å². The van der Waals surface area contributed by atoms with Crippen LogP contribution >= 0.6 is 11.8 Å². The molecule has 0 bridgehead atoms. The highest BCUT2D eigenvalue weighted by Gasteiger charge is 2.48. The molecule has 1 aliphatic carbocycles. The summed E-state index contributed by atoms with van der Waals surface area (Å²) >= 11 is 1.93. The van der Waals surface area contributed by atoms with Crippen LogP contribution in [0.5, 0.6) is 5.75 Å². The monoisotopic (exact) mass is 366 g/mol. The Morgan fingerprint density at radius 2 is 1.73 bits per heavy atom. The first-order valence-electron chi connectivity index (χ1n) is 9.41. The number of fused-ring (bicyclic) bond motifs is 1. The minimum atomic E-state index is -0.122. The number of allylic oxidation sites excluding steroid dienone is 1. The molecule has 1 unspecified atom stereocenters. The van der Waals surface area contributed by atoms with Crippen LogP contribution in [0.3, 0.4) is 0 Å². The minimum Gasteiger partial charge on any atom is -0.497 e. The average Bonchev–Trinajstić information content (AvgIpc) is 2.73. The predicted octanol–water partition coefficient (Wildman–Crippen LogP) is 6.10. The summed E-state index contributed by atoms with van der Waals surface area (Å²) in [5.74, 6) is 1.82. The molecule has 3 atom stereocenters. The Hall–Kier alpha value is -1.71. The molecule has 2 aliphatic rings. The number of methoxy groups -OCH3 is 2. The van der Waals surface area contributed by atoms with Crippen LogP contribution in [0.15, 0.2) is 60.7 Å². The summed E-state index contributed by atoms with van der Waals surface area (Å²) in [5, 5.41) is 0. The summed E-state index contributed by atoms with van der Waals surface area (Å²) in [6, 6.07) is 19.3. The van der Waals surface area contributed by atoms with Crippen LogP contribution in [0.25, 0.3) is 4.91 Å². The fourth-order valence-corrected chi connectivity index (χ4v) is 6.02. The molecular weight excluding hydrogens is 340 g/mol. The fourth-order valence-electron chi connectivity index (χ4n) is 4.43. The highest BCUT2D eigenvalue weighted by Crippen LogP contribution is 2.58. The maximum absolute atomic E-state index is 6.23. The quantitative estimate of drug-likeness (QED) is 0.651. The molecule has 1 fully saturated rings. The summed E-state index contributed by atoms with van der Waals surface area (Å²) in [6.07, 6.45) is 7.36. The largest absolute Gasteiger partial charge is 0.497 e. The molecule has 4 rings (SSSR count). The van der Waals surface area contributed by atoms with Gasteiger partial charge in [-0.3, -0.25) is 0 Å². The highest BCUT2D eigenvalue weighted by atomic mass is 32.2. The van der Waals surface area contributed by atoms with E-state index in [9.17, 15) is 0 Å². The molecular formula is C23H26O2S. The maximum Gasteiger partial charge on any atom is 0.121 e. The van der Waals surface area contributed by atoms with E-state index in [4.69, 9.17) is 9.47 Å². The standard InChI is InChI=1S/C23H26O2S/c1-24-19-13-11-18(12-14-19)22-16-20(17-8-4-3-5-9-17)21-10-6-7-15-23(21,25-2)26-22/h3-5,8-9,11-14,16,20-21H,6-7,10,15H2,1-2H3/t20?,21-,23+/m0/s1. The first kappa shape index (κ1) is 17.7. The van der Waals surface area contributed by atoms with Crippen molar-refractivity contribution in [2.75, 3.05) is 14.2 Å². The van der Waals surface area contributed by atoms with Crippen molar-refractivity contribution in [1.29, 1.82) is 0 Å². The summed E-state index contributed by atoms with van der Waals surface area (Å²) in [6.45, 7) is 0. The zero-order valence-electron chi connectivity index (χ0n) is 15.5. The van der Waals surface area contributed by atoms with Crippen molar-refractivity contribution in [2.45, 2.75) is 36.5 Å². The number of thioether (sulfide) groups is 1. The molecule has 1 aliphatic heterocycles. The molecule has 2 nitrogen and oxygen atoms in total. The smallest absolute Gasteiger partial charge is 0.121 e. The Bertz CT molecular complexity index is 769. The van der Waals surface area contributed by atoms with E-state index in [1.807, 2.05) is 31.0 Å². The van der Waals surface area contributed by atoms with Crippen LogP contribution in [0.1, 0.15) is 42.7 Å². The Labute approximate surface area is 160 Å². The van der Waals surface area contributed by atoms with E-state index in [1.165, 1.54) is 35.3 Å². The normalized spacial score (nSPS) is 28.2. The first-order valence-corrected chi connectivity index (χ1v) is 10.2. The average molecular weight is 367 g/mol. The number of hydrogen-bond acceptors (Lipinski definition) is 3. The SMILES string of the molecule is COc1ccc(C2=CC(c3ccccc3)[C@@H]3CCCC[C@@]3(OC)S2)cc1. The lowest BCUT2D eigenvalue weighted by molar-refractivity contribution is -0.0127. The van der Waals surface area contributed by atoms with Crippen molar-refractivity contribution >= 4 is 16.7 Å². The molecule has 3 heteroatoms. The molecule has 0 N–H and O–H groups in total. The molecule has 1 heterocycles. The van der Waals surface area contributed by atoms with E-state index in [2.05, 4.69) is 48.5 Å². The number of ether oxygens (including phenoxy) is 2. The van der Waals surface area contributed by atoms with E-state index in [0.29, 0.717) is 11.8 Å². The van der Waals surface area contributed by atoms with Gasteiger partial charge in [-0.25, -0.2) is 0 Å². The predicted molar refractivity (Wildman–Crippen MR) is 109 cm³/mol. The van der Waals surface area contributed by atoms with Crippen LogP contribution in [-0.2, 0) is 4.74 Å². The molecule has 0 aromatic heterocycles. The van der Waals surface area contributed by atoms with Crippen LogP contribution in [0.4, 0.5) is 0 Å². The Balaban J connectivity index is 1.78. The third kappa shape index (κ3) is 3.19. The molecule has 1 saturated carbocycles. The number of hydrogen-bond donors (Lipinski definition) is 0. The Morgan fingerprint density at radius 1 is 0.962 bits per heavy atom. The van der Waals surface area contributed by atoms with Crippen LogP contribution in [0.2, 0.25) is 0 Å². The molecule has 0 saturated heterocycles. The second-order valence-electron chi connectivity index (χ2n) is 7.17. The van der Waals surface area contributed by atoms with Crippen molar-refractivity contribution in [1.82, 2.24) is 0 Å². The van der Waals surface area contributed by atoms with Gasteiger partial charge in [-0.2, -0.15) is 0 Å². The van der Waals surface area contributed by atoms with Gasteiger partial charge in [0.05, 0.1) is 7.11 Å². The summed E-state index contributed by atoms with van der Waals surface area (Å²) in [7, 11) is 3.60. The van der Waals surface area contributed by atoms with Gasteiger partial charge in [-0.05, 0) is 42.5 Å². The summed E-state index contributed by atoms with van der Waals surface area (Å²) in [5.41, 5.74) is 2.64. The molecule has 0 radical (unpaired) electrons. The van der Waals surface area contributed by atoms with Gasteiger partial charge in [0.15, 0.2) is 0 Å². The molecule has 136 valence electrons. The fraction of sp³-hybridized carbons (Fsp3) is 0.391. The lowest BCUT2D eigenvalue weighted by Gasteiger charge is -2.49. The summed E-state index contributed by atoms with van der Waals surface area (Å²) < 4.78 is 11.6. The lowest BCUT2D eigenvalue weighted by Crippen LogP contribution is -2.44. The third-order valence-corrected chi connectivity index (χ3v) is 7.42. The topological polar surface area (TPSA) is 18.5 Å². The van der Waals surface area contributed by atoms with Gasteiger partial charge < -0.3 is 9.47 Å². The van der Waals surface area contributed by atoms with Gasteiger partial charge in [0.1, 0.15) is 10.7 Å². The van der Waals surface area contributed by atoms with Gasteiger partial charge >= 0.3 is 0 Å². The highest BCUT2D eigenvalue weighted by molar-refractivity contribution is 8.09.